The van der Waals surface area contributed by atoms with Crippen LogP contribution in [-0.4, -0.2) is 47.5 Å². The second-order valence-electron chi connectivity index (χ2n) is 8.12. The molecule has 0 aromatic heterocycles. The molecule has 4 amide bonds. The summed E-state index contributed by atoms with van der Waals surface area (Å²) in [7, 11) is 2.97. The van der Waals surface area contributed by atoms with Gasteiger partial charge >= 0.3 is 0 Å². The Morgan fingerprint density at radius 2 is 0.750 bits per heavy atom. The molecule has 0 saturated carbocycles. The molecular formula is C26H16N2O4. The maximum Gasteiger partial charge on any atom is 0.261 e. The summed E-state index contributed by atoms with van der Waals surface area (Å²) in [5.41, 5.74) is 3.59. The molecule has 0 bridgehead atoms. The molecule has 6 heteroatoms. The fourth-order valence-electron chi connectivity index (χ4n) is 4.90. The van der Waals surface area contributed by atoms with E-state index in [0.29, 0.717) is 33.0 Å². The highest BCUT2D eigenvalue weighted by molar-refractivity contribution is 6.29. The minimum absolute atomic E-state index is 0.332. The number of nitrogens with zero attached hydrogens (tertiary/aromatic N) is 2. The van der Waals surface area contributed by atoms with Gasteiger partial charge in [-0.3, -0.25) is 29.0 Å². The van der Waals surface area contributed by atoms with E-state index < -0.39 is 0 Å². The molecule has 6 rings (SSSR count). The van der Waals surface area contributed by atoms with Crippen LogP contribution in [0, 0.1) is 0 Å². The molecule has 32 heavy (non-hydrogen) atoms. The Labute approximate surface area is 182 Å². The molecule has 4 aromatic carbocycles. The zero-order valence-electron chi connectivity index (χ0n) is 17.3. The Hall–Kier alpha value is -4.32. The van der Waals surface area contributed by atoms with E-state index in [-0.39, 0.29) is 23.6 Å². The lowest BCUT2D eigenvalue weighted by Crippen LogP contribution is -2.37. The van der Waals surface area contributed by atoms with Crippen LogP contribution in [0.3, 0.4) is 0 Å². The average molecular weight is 420 g/mol. The molecule has 2 aliphatic heterocycles. The van der Waals surface area contributed by atoms with Gasteiger partial charge < -0.3 is 0 Å². The molecule has 2 aliphatic rings. The van der Waals surface area contributed by atoms with Crippen molar-refractivity contribution >= 4 is 45.2 Å². The highest BCUT2D eigenvalue weighted by Gasteiger charge is 2.33. The quantitative estimate of drug-likeness (QED) is 0.435. The van der Waals surface area contributed by atoms with Gasteiger partial charge in [-0.05, 0) is 46.2 Å². The second kappa shape index (κ2) is 6.11. The highest BCUT2D eigenvalue weighted by Crippen LogP contribution is 2.41. The van der Waals surface area contributed by atoms with Crippen molar-refractivity contribution < 1.29 is 19.2 Å². The van der Waals surface area contributed by atoms with E-state index in [2.05, 4.69) is 0 Å². The molecule has 0 N–H and O–H groups in total. The Morgan fingerprint density at radius 3 is 1.12 bits per heavy atom. The number of carbonyl (C=O) groups is 4. The molecule has 0 saturated heterocycles. The third-order valence-electron chi connectivity index (χ3n) is 6.51. The number of amides is 4. The fraction of sp³-hybridized carbons (Fsp3) is 0.0769. The van der Waals surface area contributed by atoms with E-state index in [1.54, 1.807) is 36.4 Å². The Kier molecular flexibility index (Phi) is 3.52. The summed E-state index contributed by atoms with van der Waals surface area (Å²) in [6, 6.07) is 18.1. The summed E-state index contributed by atoms with van der Waals surface area (Å²) >= 11 is 0. The Morgan fingerprint density at radius 1 is 0.438 bits per heavy atom. The molecular weight excluding hydrogens is 404 g/mol. The van der Waals surface area contributed by atoms with Crippen LogP contribution in [0.4, 0.5) is 0 Å². The van der Waals surface area contributed by atoms with Gasteiger partial charge in [0, 0.05) is 47.1 Å². The van der Waals surface area contributed by atoms with Crippen molar-refractivity contribution in [1.82, 2.24) is 9.80 Å². The Balaban J connectivity index is 1.71. The maximum absolute atomic E-state index is 12.7. The predicted molar refractivity (Wildman–Crippen MR) is 120 cm³/mol. The predicted octanol–water partition coefficient (Wildman–Crippen LogP) is 4.11. The first-order valence-corrected chi connectivity index (χ1v) is 10.2. The third kappa shape index (κ3) is 2.13. The van der Waals surface area contributed by atoms with Crippen LogP contribution in [0.25, 0.3) is 32.7 Å². The summed E-state index contributed by atoms with van der Waals surface area (Å²) in [4.78, 5) is 53.2. The monoisotopic (exact) mass is 420 g/mol. The molecule has 0 spiro atoms. The summed E-state index contributed by atoms with van der Waals surface area (Å²) < 4.78 is 0. The van der Waals surface area contributed by atoms with Crippen LogP contribution >= 0.6 is 0 Å². The van der Waals surface area contributed by atoms with Crippen LogP contribution in [0.2, 0.25) is 0 Å². The lowest BCUT2D eigenvalue weighted by atomic mass is 9.85. The van der Waals surface area contributed by atoms with E-state index >= 15 is 0 Å². The molecule has 0 fully saturated rings. The van der Waals surface area contributed by atoms with Gasteiger partial charge in [-0.15, -0.1) is 0 Å². The van der Waals surface area contributed by atoms with Crippen LogP contribution in [0.5, 0.6) is 0 Å². The van der Waals surface area contributed by atoms with Gasteiger partial charge in [0.2, 0.25) is 0 Å². The van der Waals surface area contributed by atoms with Gasteiger partial charge in [-0.1, -0.05) is 36.4 Å². The second-order valence-corrected chi connectivity index (χ2v) is 8.12. The summed E-state index contributed by atoms with van der Waals surface area (Å²) in [6.45, 7) is 0. The van der Waals surface area contributed by atoms with Crippen molar-refractivity contribution in [3.63, 3.8) is 0 Å². The summed E-state index contributed by atoms with van der Waals surface area (Å²) in [6.07, 6.45) is 0. The lowest BCUT2D eigenvalue weighted by Gasteiger charge is -2.26. The maximum atomic E-state index is 12.7. The fourth-order valence-corrected chi connectivity index (χ4v) is 4.90. The Bertz CT molecular complexity index is 1420. The van der Waals surface area contributed by atoms with Gasteiger partial charge in [-0.2, -0.15) is 0 Å². The molecule has 0 unspecified atom stereocenters. The average Bonchev–Trinajstić information content (AvgIpc) is 2.82. The van der Waals surface area contributed by atoms with Crippen LogP contribution < -0.4 is 0 Å². The molecule has 0 radical (unpaired) electrons. The number of carbonyl (C=O) groups excluding carboxylic acids is 4. The van der Waals surface area contributed by atoms with E-state index in [1.807, 2.05) is 24.3 Å². The van der Waals surface area contributed by atoms with E-state index in [0.717, 1.165) is 31.7 Å². The molecule has 0 atom stereocenters. The third-order valence-corrected chi connectivity index (χ3v) is 6.51. The molecule has 4 aromatic rings. The first-order chi connectivity index (χ1) is 15.4. The van der Waals surface area contributed by atoms with Crippen molar-refractivity contribution in [2.24, 2.45) is 0 Å². The van der Waals surface area contributed by atoms with Gasteiger partial charge in [-0.25, -0.2) is 0 Å². The van der Waals surface area contributed by atoms with E-state index in [9.17, 15) is 19.2 Å². The van der Waals surface area contributed by atoms with Gasteiger partial charge in [0.1, 0.15) is 0 Å². The van der Waals surface area contributed by atoms with Crippen molar-refractivity contribution in [3.8, 4) is 11.1 Å². The van der Waals surface area contributed by atoms with Crippen molar-refractivity contribution in [2.75, 3.05) is 14.1 Å². The first kappa shape index (κ1) is 18.4. The number of imide groups is 2. The van der Waals surface area contributed by atoms with Crippen molar-refractivity contribution in [3.05, 3.63) is 82.9 Å². The number of hydrogen-bond acceptors (Lipinski definition) is 4. The number of benzene rings is 4. The molecule has 6 nitrogen and oxygen atoms in total. The lowest BCUT2D eigenvalue weighted by molar-refractivity contribution is 0.0635. The molecule has 2 heterocycles. The van der Waals surface area contributed by atoms with Crippen molar-refractivity contribution in [2.45, 2.75) is 0 Å². The van der Waals surface area contributed by atoms with E-state index in [1.165, 1.54) is 14.1 Å². The first-order valence-electron chi connectivity index (χ1n) is 10.2. The zero-order chi connectivity index (χ0) is 22.3. The summed E-state index contributed by atoms with van der Waals surface area (Å²) in [5.74, 6) is -1.33. The number of rotatable bonds is 1. The largest absolute Gasteiger partial charge is 0.277 e. The van der Waals surface area contributed by atoms with Crippen LogP contribution in [0.1, 0.15) is 41.4 Å². The van der Waals surface area contributed by atoms with Crippen LogP contribution in [0.15, 0.2) is 60.7 Å². The van der Waals surface area contributed by atoms with E-state index in [4.69, 9.17) is 0 Å². The van der Waals surface area contributed by atoms with Gasteiger partial charge in [0.15, 0.2) is 0 Å². The molecule has 154 valence electrons. The minimum Gasteiger partial charge on any atom is -0.277 e. The smallest absolute Gasteiger partial charge is 0.261 e. The number of hydrogen-bond donors (Lipinski definition) is 0. The zero-order valence-corrected chi connectivity index (χ0v) is 17.3. The topological polar surface area (TPSA) is 74.8 Å². The SMILES string of the molecule is CN1C(=O)c2cccc3c(-c4ccc5c6c(cccc46)C(=O)N(C)C5=O)ccc(c23)C1=O. The van der Waals surface area contributed by atoms with Gasteiger partial charge in [0.05, 0.1) is 0 Å². The summed E-state index contributed by atoms with van der Waals surface area (Å²) in [5, 5.41) is 2.82. The molecule has 0 aliphatic carbocycles. The highest BCUT2D eigenvalue weighted by atomic mass is 16.2. The van der Waals surface area contributed by atoms with Gasteiger partial charge in [0.25, 0.3) is 23.6 Å². The standard InChI is InChI=1S/C26H16N2O4/c1-27-23(29)17-7-3-5-15-13(9-11-19(21(15)17)25(27)31)14-10-12-20-22-16(14)6-4-8-18(22)24(30)28(2)26(20)32/h3-12H,1-2H3. The van der Waals surface area contributed by atoms with Crippen LogP contribution in [-0.2, 0) is 0 Å². The normalized spacial score (nSPS) is 15.3. The minimum atomic E-state index is -0.332. The van der Waals surface area contributed by atoms with Crippen molar-refractivity contribution in [1.29, 1.82) is 0 Å².